The molecule has 1 N–H and O–H groups in total. The first-order chi connectivity index (χ1) is 6.75. The quantitative estimate of drug-likeness (QED) is 0.591. The summed E-state index contributed by atoms with van der Waals surface area (Å²) in [6.45, 7) is 4.01. The van der Waals surface area contributed by atoms with E-state index in [0.717, 1.165) is 11.3 Å². The Morgan fingerprint density at radius 3 is 2.71 bits per heavy atom. The van der Waals surface area contributed by atoms with Gasteiger partial charge in [0.05, 0.1) is 6.10 Å². The van der Waals surface area contributed by atoms with E-state index in [1.54, 1.807) is 0 Å². The fraction of sp³-hybridized carbons (Fsp3) is 0.500. The summed E-state index contributed by atoms with van der Waals surface area (Å²) in [7, 11) is 0. The zero-order chi connectivity index (χ0) is 10.4. The predicted octanol–water partition coefficient (Wildman–Crippen LogP) is 3.63. The maximum Gasteiger partial charge on any atom is 0.0772 e. The van der Waals surface area contributed by atoms with Crippen molar-refractivity contribution in [2.45, 2.75) is 37.7 Å². The molecule has 2 heteroatoms. The molecule has 0 heterocycles. The average molecular weight is 210 g/mol. The molecule has 0 aromatic heterocycles. The van der Waals surface area contributed by atoms with Crippen molar-refractivity contribution in [2.75, 3.05) is 5.75 Å². The van der Waals surface area contributed by atoms with Crippen LogP contribution in [0.15, 0.2) is 29.2 Å². The number of aliphatic hydroxyl groups is 1. The summed E-state index contributed by atoms with van der Waals surface area (Å²) in [5.41, 5.74) is 1.05. The summed E-state index contributed by atoms with van der Waals surface area (Å²) in [6, 6.07) is 8.09. The van der Waals surface area contributed by atoms with Crippen LogP contribution in [0.5, 0.6) is 0 Å². The van der Waals surface area contributed by atoms with Crippen molar-refractivity contribution in [3.63, 3.8) is 0 Å². The molecule has 0 aliphatic rings. The maximum absolute atomic E-state index is 9.55. The molecule has 0 aliphatic heterocycles. The molecule has 1 aromatic carbocycles. The van der Waals surface area contributed by atoms with Gasteiger partial charge in [0.15, 0.2) is 0 Å². The van der Waals surface area contributed by atoms with E-state index in [-0.39, 0.29) is 6.10 Å². The summed E-state index contributed by atoms with van der Waals surface area (Å²) in [6.07, 6.45) is 2.10. The summed E-state index contributed by atoms with van der Waals surface area (Å²) < 4.78 is 0. The van der Waals surface area contributed by atoms with Crippen LogP contribution in [0.1, 0.15) is 38.4 Å². The molecule has 1 rings (SSSR count). The second kappa shape index (κ2) is 6.10. The van der Waals surface area contributed by atoms with Gasteiger partial charge in [0.2, 0.25) is 0 Å². The van der Waals surface area contributed by atoms with Gasteiger partial charge in [-0.15, -0.1) is 11.8 Å². The van der Waals surface area contributed by atoms with Crippen LogP contribution >= 0.6 is 11.8 Å². The Bertz CT molecular complexity index is 271. The van der Waals surface area contributed by atoms with Gasteiger partial charge in [-0.1, -0.05) is 31.5 Å². The van der Waals surface area contributed by atoms with Crippen molar-refractivity contribution >= 4 is 11.8 Å². The van der Waals surface area contributed by atoms with Crippen molar-refractivity contribution in [3.8, 4) is 0 Å². The van der Waals surface area contributed by atoms with Crippen LogP contribution in [0.3, 0.4) is 0 Å². The Hall–Kier alpha value is -0.470. The van der Waals surface area contributed by atoms with Crippen LogP contribution in [-0.2, 0) is 0 Å². The zero-order valence-electron chi connectivity index (χ0n) is 8.86. The molecule has 0 fully saturated rings. The molecule has 78 valence electrons. The molecule has 1 unspecified atom stereocenters. The number of hydrogen-bond donors (Lipinski definition) is 1. The number of unbranched alkanes of at least 4 members (excludes halogenated alkanes) is 1. The van der Waals surface area contributed by atoms with E-state index in [9.17, 15) is 5.11 Å². The van der Waals surface area contributed by atoms with Crippen LogP contribution in [0.4, 0.5) is 0 Å². The number of benzene rings is 1. The molecular weight excluding hydrogens is 192 g/mol. The third-order valence-corrected chi connectivity index (χ3v) is 3.30. The number of rotatable bonds is 5. The molecule has 1 atom stereocenters. The van der Waals surface area contributed by atoms with E-state index in [1.807, 2.05) is 36.9 Å². The normalized spacial score (nSPS) is 12.8. The minimum atomic E-state index is -0.361. The highest BCUT2D eigenvalue weighted by molar-refractivity contribution is 7.99. The molecule has 1 nitrogen and oxygen atoms in total. The van der Waals surface area contributed by atoms with E-state index in [4.69, 9.17) is 0 Å². The third-order valence-electron chi connectivity index (χ3n) is 2.12. The minimum Gasteiger partial charge on any atom is -0.389 e. The zero-order valence-corrected chi connectivity index (χ0v) is 9.68. The lowest BCUT2D eigenvalue weighted by Gasteiger charge is -2.10. The molecule has 0 aliphatic carbocycles. The molecule has 0 saturated carbocycles. The molecule has 0 radical (unpaired) electrons. The van der Waals surface area contributed by atoms with E-state index in [0.29, 0.717) is 0 Å². The molecule has 0 spiro atoms. The van der Waals surface area contributed by atoms with Gasteiger partial charge in [-0.05, 0) is 30.7 Å². The molecule has 0 amide bonds. The van der Waals surface area contributed by atoms with Crippen LogP contribution in [0.25, 0.3) is 0 Å². The van der Waals surface area contributed by atoms with E-state index >= 15 is 0 Å². The number of hydrogen-bond acceptors (Lipinski definition) is 2. The summed E-state index contributed by atoms with van der Waals surface area (Å²) in [4.78, 5) is 1.22. The van der Waals surface area contributed by atoms with Crippen LogP contribution in [-0.4, -0.2) is 10.9 Å². The lowest BCUT2D eigenvalue weighted by molar-refractivity contribution is 0.196. The van der Waals surface area contributed by atoms with Gasteiger partial charge in [0.25, 0.3) is 0 Å². The monoisotopic (exact) mass is 210 g/mol. The van der Waals surface area contributed by atoms with Crippen molar-refractivity contribution in [2.24, 2.45) is 0 Å². The lowest BCUT2D eigenvalue weighted by Crippen LogP contribution is -1.93. The predicted molar refractivity (Wildman–Crippen MR) is 62.7 cm³/mol. The van der Waals surface area contributed by atoms with E-state index in [1.165, 1.54) is 17.7 Å². The molecular formula is C12H18OS. The maximum atomic E-state index is 9.55. The van der Waals surface area contributed by atoms with E-state index < -0.39 is 0 Å². The highest BCUT2D eigenvalue weighted by atomic mass is 32.2. The van der Waals surface area contributed by atoms with Gasteiger partial charge in [0, 0.05) is 4.90 Å². The standard InChI is InChI=1S/C12H18OS/c1-3-4-9-14-12-8-6-5-7-11(12)10(2)13/h5-8,10,13H,3-4,9H2,1-2H3. The molecule has 0 bridgehead atoms. The van der Waals surface area contributed by atoms with Crippen molar-refractivity contribution in [1.82, 2.24) is 0 Å². The second-order valence-corrected chi connectivity index (χ2v) is 4.55. The van der Waals surface area contributed by atoms with E-state index in [2.05, 4.69) is 13.0 Å². The van der Waals surface area contributed by atoms with Crippen LogP contribution in [0.2, 0.25) is 0 Å². The fourth-order valence-electron chi connectivity index (χ4n) is 1.28. The smallest absolute Gasteiger partial charge is 0.0772 e. The summed E-state index contributed by atoms with van der Waals surface area (Å²) in [5, 5.41) is 9.55. The minimum absolute atomic E-state index is 0.361. The van der Waals surface area contributed by atoms with Crippen molar-refractivity contribution < 1.29 is 5.11 Å². The van der Waals surface area contributed by atoms with Gasteiger partial charge >= 0.3 is 0 Å². The van der Waals surface area contributed by atoms with Crippen LogP contribution < -0.4 is 0 Å². The number of thioether (sulfide) groups is 1. The lowest BCUT2D eigenvalue weighted by atomic mass is 10.1. The van der Waals surface area contributed by atoms with Gasteiger partial charge in [-0.25, -0.2) is 0 Å². The summed E-state index contributed by atoms with van der Waals surface area (Å²) in [5.74, 6) is 1.14. The second-order valence-electron chi connectivity index (χ2n) is 3.42. The Morgan fingerprint density at radius 2 is 2.07 bits per heavy atom. The Morgan fingerprint density at radius 1 is 1.36 bits per heavy atom. The van der Waals surface area contributed by atoms with Gasteiger partial charge in [-0.2, -0.15) is 0 Å². The highest BCUT2D eigenvalue weighted by Crippen LogP contribution is 2.27. The third kappa shape index (κ3) is 3.35. The first-order valence-electron chi connectivity index (χ1n) is 5.15. The molecule has 14 heavy (non-hydrogen) atoms. The first kappa shape index (κ1) is 11.6. The van der Waals surface area contributed by atoms with Gasteiger partial charge in [0.1, 0.15) is 0 Å². The SMILES string of the molecule is CCCCSc1ccccc1C(C)O. The number of aliphatic hydroxyl groups excluding tert-OH is 1. The fourth-order valence-corrected chi connectivity index (χ4v) is 2.52. The topological polar surface area (TPSA) is 20.2 Å². The Kier molecular flexibility index (Phi) is 5.05. The molecule has 1 aromatic rings. The van der Waals surface area contributed by atoms with Gasteiger partial charge < -0.3 is 5.11 Å². The van der Waals surface area contributed by atoms with Crippen molar-refractivity contribution in [3.05, 3.63) is 29.8 Å². The molecule has 0 saturated heterocycles. The average Bonchev–Trinajstić information content (AvgIpc) is 2.19. The largest absolute Gasteiger partial charge is 0.389 e. The first-order valence-corrected chi connectivity index (χ1v) is 6.14. The summed E-state index contributed by atoms with van der Waals surface area (Å²) >= 11 is 1.84. The van der Waals surface area contributed by atoms with Crippen LogP contribution in [0, 0.1) is 0 Å². The Balaban J connectivity index is 2.64. The highest BCUT2D eigenvalue weighted by Gasteiger charge is 2.06. The van der Waals surface area contributed by atoms with Gasteiger partial charge in [-0.3, -0.25) is 0 Å². The Labute approximate surface area is 90.5 Å². The van der Waals surface area contributed by atoms with Crippen molar-refractivity contribution in [1.29, 1.82) is 0 Å².